The van der Waals surface area contributed by atoms with Gasteiger partial charge < -0.3 is 0 Å². The monoisotopic (exact) mass is 403 g/mol. The smallest absolute Gasteiger partial charge is 0.292 e. The number of ketones is 1. The van der Waals surface area contributed by atoms with Crippen LogP contribution in [0.2, 0.25) is 5.02 Å². The number of hydrogen-bond donors (Lipinski definition) is 0. The van der Waals surface area contributed by atoms with Crippen LogP contribution in [0, 0.1) is 6.92 Å². The van der Waals surface area contributed by atoms with Gasteiger partial charge in [-0.05, 0) is 35.7 Å². The van der Waals surface area contributed by atoms with Gasteiger partial charge in [0.15, 0.2) is 5.78 Å². The van der Waals surface area contributed by atoms with Crippen molar-refractivity contribution in [2.75, 3.05) is 0 Å². The van der Waals surface area contributed by atoms with Crippen LogP contribution in [0.25, 0.3) is 16.8 Å². The standard InChI is InChI=1S/C23H18ClN3O2/c1-16-7-12-20(13-21(16)24)27-15-25-23(29)26(27)14-22(28)19-10-8-18(9-11-19)17-5-3-2-4-6-17/h2-13,15H,14H2,1H3. The molecule has 0 fully saturated rings. The number of nitrogens with zero attached hydrogens (tertiary/aromatic N) is 3. The number of carbonyl (C=O) groups excluding carboxylic acids is 1. The summed E-state index contributed by atoms with van der Waals surface area (Å²) in [5.41, 5.74) is 3.75. The molecule has 4 rings (SSSR count). The van der Waals surface area contributed by atoms with Crippen LogP contribution in [0.4, 0.5) is 0 Å². The highest BCUT2D eigenvalue weighted by atomic mass is 35.5. The minimum absolute atomic E-state index is 0.116. The molecule has 0 aliphatic rings. The number of rotatable bonds is 5. The van der Waals surface area contributed by atoms with Crippen LogP contribution in [0.1, 0.15) is 15.9 Å². The lowest BCUT2D eigenvalue weighted by molar-refractivity contribution is 0.0963. The van der Waals surface area contributed by atoms with Crippen molar-refractivity contribution in [2.24, 2.45) is 0 Å². The fraction of sp³-hybridized carbons (Fsp3) is 0.0870. The third kappa shape index (κ3) is 3.91. The summed E-state index contributed by atoms with van der Waals surface area (Å²) < 4.78 is 2.85. The summed E-state index contributed by atoms with van der Waals surface area (Å²) in [6.07, 6.45) is 1.40. The Hall–Kier alpha value is -3.44. The van der Waals surface area contributed by atoms with Gasteiger partial charge in [0.2, 0.25) is 0 Å². The number of carbonyl (C=O) groups is 1. The van der Waals surface area contributed by atoms with Gasteiger partial charge in [0.25, 0.3) is 0 Å². The number of hydrogen-bond acceptors (Lipinski definition) is 3. The Balaban J connectivity index is 1.60. The van der Waals surface area contributed by atoms with Gasteiger partial charge in [-0.2, -0.15) is 4.98 Å². The molecule has 0 aliphatic heterocycles. The highest BCUT2D eigenvalue weighted by molar-refractivity contribution is 6.31. The summed E-state index contributed by atoms with van der Waals surface area (Å²) in [6.45, 7) is 1.78. The Bertz CT molecular complexity index is 1230. The average Bonchev–Trinajstić information content (AvgIpc) is 3.11. The van der Waals surface area contributed by atoms with Crippen molar-refractivity contribution in [1.29, 1.82) is 0 Å². The van der Waals surface area contributed by atoms with Gasteiger partial charge in [0.1, 0.15) is 12.9 Å². The summed E-state index contributed by atoms with van der Waals surface area (Å²) in [4.78, 5) is 28.8. The topological polar surface area (TPSA) is 56.9 Å². The molecule has 0 unspecified atom stereocenters. The zero-order valence-corrected chi connectivity index (χ0v) is 16.5. The number of halogens is 1. The first-order chi connectivity index (χ1) is 14.0. The lowest BCUT2D eigenvalue weighted by Crippen LogP contribution is -2.27. The van der Waals surface area contributed by atoms with Gasteiger partial charge in [-0.3, -0.25) is 4.79 Å². The predicted molar refractivity (Wildman–Crippen MR) is 114 cm³/mol. The fourth-order valence-corrected chi connectivity index (χ4v) is 3.28. The number of benzene rings is 3. The minimum Gasteiger partial charge on any atom is -0.292 e. The van der Waals surface area contributed by atoms with Crippen molar-refractivity contribution in [3.05, 3.63) is 106 Å². The molecular formula is C23H18ClN3O2. The first-order valence-corrected chi connectivity index (χ1v) is 9.50. The SMILES string of the molecule is Cc1ccc(-n2cnc(=O)n2CC(=O)c2ccc(-c3ccccc3)cc2)cc1Cl. The van der Waals surface area contributed by atoms with Crippen LogP contribution >= 0.6 is 11.6 Å². The minimum atomic E-state index is -0.490. The summed E-state index contributed by atoms with van der Waals surface area (Å²) in [6, 6.07) is 22.7. The molecule has 0 bridgehead atoms. The number of aromatic nitrogens is 3. The molecule has 29 heavy (non-hydrogen) atoms. The summed E-state index contributed by atoms with van der Waals surface area (Å²) in [5, 5.41) is 0.582. The Morgan fingerprint density at radius 3 is 2.34 bits per heavy atom. The Morgan fingerprint density at radius 2 is 1.66 bits per heavy atom. The normalized spacial score (nSPS) is 10.8. The van der Waals surface area contributed by atoms with E-state index in [9.17, 15) is 9.59 Å². The van der Waals surface area contributed by atoms with E-state index in [0.29, 0.717) is 16.3 Å². The van der Waals surface area contributed by atoms with Crippen LogP contribution < -0.4 is 5.69 Å². The van der Waals surface area contributed by atoms with Gasteiger partial charge in [-0.15, -0.1) is 0 Å². The first kappa shape index (κ1) is 18.9. The summed E-state index contributed by atoms with van der Waals surface area (Å²) in [5.74, 6) is -0.174. The van der Waals surface area contributed by atoms with Crippen molar-refractivity contribution < 1.29 is 4.79 Å². The zero-order valence-electron chi connectivity index (χ0n) is 15.7. The van der Waals surface area contributed by atoms with E-state index in [2.05, 4.69) is 4.98 Å². The molecule has 5 nitrogen and oxygen atoms in total. The summed E-state index contributed by atoms with van der Waals surface area (Å²) >= 11 is 6.20. The van der Waals surface area contributed by atoms with Crippen molar-refractivity contribution >= 4 is 17.4 Å². The van der Waals surface area contributed by atoms with Gasteiger partial charge in [-0.1, -0.05) is 72.3 Å². The lowest BCUT2D eigenvalue weighted by Gasteiger charge is -2.11. The van der Waals surface area contributed by atoms with Crippen LogP contribution in [-0.4, -0.2) is 20.1 Å². The van der Waals surface area contributed by atoms with Crippen LogP contribution in [0.15, 0.2) is 83.9 Å². The van der Waals surface area contributed by atoms with E-state index in [-0.39, 0.29) is 12.3 Å². The van der Waals surface area contributed by atoms with Crippen LogP contribution in [-0.2, 0) is 6.54 Å². The summed E-state index contributed by atoms with van der Waals surface area (Å²) in [7, 11) is 0. The van der Waals surface area contributed by atoms with E-state index >= 15 is 0 Å². The molecule has 0 saturated carbocycles. The quantitative estimate of drug-likeness (QED) is 0.459. The Kier molecular flexibility index (Phi) is 5.14. The largest absolute Gasteiger partial charge is 0.364 e. The maximum absolute atomic E-state index is 12.8. The average molecular weight is 404 g/mol. The molecule has 0 spiro atoms. The van der Waals surface area contributed by atoms with Crippen molar-refractivity contribution in [2.45, 2.75) is 13.5 Å². The molecule has 6 heteroatoms. The van der Waals surface area contributed by atoms with E-state index in [1.807, 2.05) is 61.5 Å². The molecule has 0 saturated heterocycles. The van der Waals surface area contributed by atoms with Gasteiger partial charge in [-0.25, -0.2) is 14.2 Å². The zero-order chi connectivity index (χ0) is 20.4. The van der Waals surface area contributed by atoms with E-state index in [0.717, 1.165) is 16.7 Å². The third-order valence-corrected chi connectivity index (χ3v) is 5.19. The molecule has 0 amide bonds. The predicted octanol–water partition coefficient (Wildman–Crippen LogP) is 4.55. The second-order valence-corrected chi connectivity index (χ2v) is 7.14. The Morgan fingerprint density at radius 1 is 0.966 bits per heavy atom. The number of Topliss-reactive ketones (excluding diaryl/α,β-unsaturated/α-hetero) is 1. The van der Waals surface area contributed by atoms with Crippen molar-refractivity contribution in [3.8, 4) is 16.8 Å². The van der Waals surface area contributed by atoms with Crippen LogP contribution in [0.5, 0.6) is 0 Å². The molecule has 1 aromatic heterocycles. The third-order valence-electron chi connectivity index (χ3n) is 4.79. The van der Waals surface area contributed by atoms with Gasteiger partial charge >= 0.3 is 5.69 Å². The van der Waals surface area contributed by atoms with Crippen molar-refractivity contribution in [3.63, 3.8) is 0 Å². The molecule has 1 heterocycles. The maximum atomic E-state index is 12.8. The van der Waals surface area contributed by atoms with Gasteiger partial charge in [0, 0.05) is 10.6 Å². The number of aryl methyl sites for hydroxylation is 1. The van der Waals surface area contributed by atoms with E-state index in [1.54, 1.807) is 22.9 Å². The molecule has 4 aromatic rings. The molecule has 0 atom stereocenters. The first-order valence-electron chi connectivity index (χ1n) is 9.12. The molecule has 0 radical (unpaired) electrons. The molecule has 3 aromatic carbocycles. The Labute approximate surface area is 172 Å². The molecule has 144 valence electrons. The second kappa shape index (κ2) is 7.89. The lowest BCUT2D eigenvalue weighted by atomic mass is 10.0. The fourth-order valence-electron chi connectivity index (χ4n) is 3.11. The molecular weight excluding hydrogens is 386 g/mol. The highest BCUT2D eigenvalue weighted by Crippen LogP contribution is 2.21. The second-order valence-electron chi connectivity index (χ2n) is 6.73. The molecule has 0 aliphatic carbocycles. The van der Waals surface area contributed by atoms with Gasteiger partial charge in [0.05, 0.1) is 5.69 Å². The van der Waals surface area contributed by atoms with E-state index in [1.165, 1.54) is 11.0 Å². The highest BCUT2D eigenvalue weighted by Gasteiger charge is 2.14. The van der Waals surface area contributed by atoms with E-state index < -0.39 is 5.69 Å². The van der Waals surface area contributed by atoms with Crippen LogP contribution in [0.3, 0.4) is 0 Å². The molecule has 0 N–H and O–H groups in total. The van der Waals surface area contributed by atoms with Crippen molar-refractivity contribution in [1.82, 2.24) is 14.3 Å². The maximum Gasteiger partial charge on any atom is 0.364 e. The van der Waals surface area contributed by atoms with E-state index in [4.69, 9.17) is 11.6 Å².